The van der Waals surface area contributed by atoms with Crippen molar-refractivity contribution in [1.29, 1.82) is 0 Å². The molecule has 1 saturated heterocycles. The van der Waals surface area contributed by atoms with E-state index in [-0.39, 0.29) is 18.1 Å². The number of nitrogens with zero attached hydrogens (tertiary/aromatic N) is 1. The van der Waals surface area contributed by atoms with Crippen LogP contribution in [0.25, 0.3) is 0 Å². The fraction of sp³-hybridized carbons (Fsp3) is 0.281. The normalized spacial score (nSPS) is 17.5. The summed E-state index contributed by atoms with van der Waals surface area (Å²) in [7, 11) is 1.29. The second-order valence-electron chi connectivity index (χ2n) is 9.99. The summed E-state index contributed by atoms with van der Waals surface area (Å²) >= 11 is 0. The van der Waals surface area contributed by atoms with E-state index in [1.807, 2.05) is 91.1 Å². The first-order valence-corrected chi connectivity index (χ1v) is 13.8. The summed E-state index contributed by atoms with van der Waals surface area (Å²) < 4.78 is 11.0. The summed E-state index contributed by atoms with van der Waals surface area (Å²) in [6, 6.07) is 26.2. The highest BCUT2D eigenvalue weighted by atomic mass is 16.5. The lowest BCUT2D eigenvalue weighted by Crippen LogP contribution is -2.48. The molecule has 9 nitrogen and oxygen atoms in total. The van der Waals surface area contributed by atoms with Crippen molar-refractivity contribution in [2.24, 2.45) is 0 Å². The van der Waals surface area contributed by atoms with Gasteiger partial charge in [0.25, 0.3) is 0 Å². The number of H-pyrrole nitrogens is 1. The third-order valence-electron chi connectivity index (χ3n) is 7.34. The number of aromatic amines is 1. The van der Waals surface area contributed by atoms with Gasteiger partial charge in [-0.3, -0.25) is 4.79 Å². The second kappa shape index (κ2) is 13.7. The zero-order valence-corrected chi connectivity index (χ0v) is 23.0. The van der Waals surface area contributed by atoms with E-state index in [4.69, 9.17) is 9.47 Å². The first kappa shape index (κ1) is 28.1. The molecule has 1 aliphatic rings. The van der Waals surface area contributed by atoms with Crippen LogP contribution in [-0.4, -0.2) is 54.4 Å². The maximum atomic E-state index is 13.9. The van der Waals surface area contributed by atoms with Gasteiger partial charge in [0.1, 0.15) is 11.9 Å². The molecule has 0 bridgehead atoms. The predicted molar refractivity (Wildman–Crippen MR) is 157 cm³/mol. The fourth-order valence-electron chi connectivity index (χ4n) is 5.22. The zero-order chi connectivity index (χ0) is 28.4. The number of ether oxygens (including phenoxy) is 2. The number of benzene rings is 3. The molecule has 1 fully saturated rings. The Labute approximate surface area is 239 Å². The van der Waals surface area contributed by atoms with Gasteiger partial charge >= 0.3 is 6.09 Å². The molecule has 0 radical (unpaired) electrons. The quantitative estimate of drug-likeness (QED) is 0.229. The molecule has 3 atom stereocenters. The van der Waals surface area contributed by atoms with Crippen LogP contribution in [0.2, 0.25) is 0 Å². The summed E-state index contributed by atoms with van der Waals surface area (Å²) in [4.78, 5) is 33.8. The molecule has 0 saturated carbocycles. The molecule has 2 amide bonds. The van der Waals surface area contributed by atoms with Crippen LogP contribution in [0.4, 0.5) is 10.5 Å². The highest BCUT2D eigenvalue weighted by molar-refractivity contribution is 5.98. The van der Waals surface area contributed by atoms with Gasteiger partial charge in [-0.05, 0) is 35.6 Å². The average Bonchev–Trinajstić information content (AvgIpc) is 3.57. The molecule has 1 aliphatic heterocycles. The Bertz CT molecular complexity index is 1350. The van der Waals surface area contributed by atoms with Crippen LogP contribution in [-0.2, 0) is 20.7 Å². The summed E-state index contributed by atoms with van der Waals surface area (Å²) in [5.74, 6) is 0.0980. The number of hydrogen-bond donors (Lipinski definition) is 4. The number of imidazole rings is 1. The number of rotatable bonds is 10. The Kier molecular flexibility index (Phi) is 9.41. The van der Waals surface area contributed by atoms with E-state index in [2.05, 4.69) is 25.9 Å². The number of aryl methyl sites for hydroxylation is 1. The molecule has 212 valence electrons. The largest absolute Gasteiger partial charge is 0.453 e. The number of amides is 2. The number of hydrogen-bond acceptors (Lipinski definition) is 6. The van der Waals surface area contributed by atoms with Gasteiger partial charge in [-0.15, -0.1) is 0 Å². The van der Waals surface area contributed by atoms with Crippen molar-refractivity contribution in [3.05, 3.63) is 120 Å². The lowest BCUT2D eigenvalue weighted by atomic mass is 9.84. The Hall–Kier alpha value is -4.47. The molecule has 1 unspecified atom stereocenters. The lowest BCUT2D eigenvalue weighted by molar-refractivity contribution is -0.118. The minimum atomic E-state index is -0.926. The fourth-order valence-corrected chi connectivity index (χ4v) is 5.22. The van der Waals surface area contributed by atoms with Crippen LogP contribution >= 0.6 is 0 Å². The number of carbonyl (C=O) groups is 2. The maximum absolute atomic E-state index is 13.9. The SMILES string of the molecule is COC(=O)NC(C(=O)Nc1ccccc1CC[C@@H]1CN[C@H](c2ncc[nH]2)CO1)C(c1ccccc1)c1ccccc1. The molecule has 0 spiro atoms. The zero-order valence-electron chi connectivity index (χ0n) is 23.0. The van der Waals surface area contributed by atoms with E-state index in [9.17, 15) is 9.59 Å². The molecular weight excluding hydrogens is 518 g/mol. The standard InChI is InChI=1S/C32H35N5O4/c1-40-32(39)37-29(28(23-11-4-2-5-12-23)24-13-6-3-7-14-24)31(38)36-26-15-9-8-10-22(26)16-17-25-20-35-27(21-41-25)30-33-18-19-34-30/h2-15,18-19,25,27-29,35H,16-17,20-21H2,1H3,(H,33,34)(H,36,38)(H,37,39)/t25-,27+,29?/m1/s1. The molecule has 0 aliphatic carbocycles. The molecule has 3 aromatic carbocycles. The minimum Gasteiger partial charge on any atom is -0.453 e. The summed E-state index contributed by atoms with van der Waals surface area (Å²) in [6.07, 6.45) is 4.41. The molecule has 4 N–H and O–H groups in total. The predicted octanol–water partition coefficient (Wildman–Crippen LogP) is 4.57. The van der Waals surface area contributed by atoms with E-state index < -0.39 is 18.1 Å². The molecule has 9 heteroatoms. The van der Waals surface area contributed by atoms with Crippen LogP contribution in [0.3, 0.4) is 0 Å². The van der Waals surface area contributed by atoms with Crippen LogP contribution in [0.15, 0.2) is 97.3 Å². The second-order valence-corrected chi connectivity index (χ2v) is 9.99. The van der Waals surface area contributed by atoms with Gasteiger partial charge in [0, 0.05) is 30.5 Å². The smallest absolute Gasteiger partial charge is 0.407 e. The van der Waals surface area contributed by atoms with Crippen LogP contribution < -0.4 is 16.0 Å². The summed E-state index contributed by atoms with van der Waals surface area (Å²) in [5, 5.41) is 9.39. The number of aromatic nitrogens is 2. The van der Waals surface area contributed by atoms with Crippen LogP contribution in [0.1, 0.15) is 40.9 Å². The third-order valence-corrected chi connectivity index (χ3v) is 7.34. The third kappa shape index (κ3) is 7.19. The Morgan fingerprint density at radius 1 is 1.00 bits per heavy atom. The lowest BCUT2D eigenvalue weighted by Gasteiger charge is -2.30. The topological polar surface area (TPSA) is 117 Å². The first-order chi connectivity index (χ1) is 20.1. The van der Waals surface area contributed by atoms with Gasteiger partial charge in [-0.1, -0.05) is 78.9 Å². The minimum absolute atomic E-state index is 0.0410. The van der Waals surface area contributed by atoms with Gasteiger partial charge in [0.15, 0.2) is 0 Å². The Balaban J connectivity index is 1.31. The first-order valence-electron chi connectivity index (χ1n) is 13.8. The Morgan fingerprint density at radius 3 is 2.29 bits per heavy atom. The van der Waals surface area contributed by atoms with Crippen molar-refractivity contribution in [2.75, 3.05) is 25.6 Å². The van der Waals surface area contributed by atoms with Gasteiger partial charge in [-0.2, -0.15) is 0 Å². The van der Waals surface area contributed by atoms with Gasteiger partial charge < -0.3 is 30.4 Å². The number of methoxy groups -OCH3 is 1. The van der Waals surface area contributed by atoms with Crippen LogP contribution in [0.5, 0.6) is 0 Å². The monoisotopic (exact) mass is 553 g/mol. The van der Waals surface area contributed by atoms with Crippen molar-refractivity contribution in [3.63, 3.8) is 0 Å². The van der Waals surface area contributed by atoms with Crippen molar-refractivity contribution in [2.45, 2.75) is 36.9 Å². The van der Waals surface area contributed by atoms with E-state index in [0.717, 1.165) is 28.9 Å². The summed E-state index contributed by atoms with van der Waals surface area (Å²) in [6.45, 7) is 1.25. The average molecular weight is 554 g/mol. The van der Waals surface area contributed by atoms with Gasteiger partial charge in [-0.25, -0.2) is 9.78 Å². The van der Waals surface area contributed by atoms with Crippen molar-refractivity contribution in [3.8, 4) is 0 Å². The van der Waals surface area contributed by atoms with Crippen molar-refractivity contribution < 1.29 is 19.1 Å². The van der Waals surface area contributed by atoms with E-state index in [1.165, 1.54) is 7.11 Å². The molecule has 5 rings (SSSR count). The summed E-state index contributed by atoms with van der Waals surface area (Å²) in [5.41, 5.74) is 3.49. The molecule has 4 aromatic rings. The van der Waals surface area contributed by atoms with E-state index in [0.29, 0.717) is 25.3 Å². The Morgan fingerprint density at radius 2 is 1.68 bits per heavy atom. The van der Waals surface area contributed by atoms with Gasteiger partial charge in [0.05, 0.1) is 25.9 Å². The maximum Gasteiger partial charge on any atom is 0.407 e. The highest BCUT2D eigenvalue weighted by Gasteiger charge is 2.33. The highest BCUT2D eigenvalue weighted by Crippen LogP contribution is 2.30. The number of anilines is 1. The van der Waals surface area contributed by atoms with E-state index >= 15 is 0 Å². The van der Waals surface area contributed by atoms with E-state index in [1.54, 1.807) is 6.20 Å². The molecule has 2 heterocycles. The number of carbonyl (C=O) groups excluding carboxylic acids is 2. The van der Waals surface area contributed by atoms with Crippen molar-refractivity contribution >= 4 is 17.7 Å². The molecule has 1 aromatic heterocycles. The number of alkyl carbamates (subject to hydrolysis) is 1. The molecule has 41 heavy (non-hydrogen) atoms. The van der Waals surface area contributed by atoms with Crippen LogP contribution in [0, 0.1) is 0 Å². The molecular formula is C32H35N5O4. The van der Waals surface area contributed by atoms with Gasteiger partial charge in [0.2, 0.25) is 5.91 Å². The number of morpholine rings is 1. The van der Waals surface area contributed by atoms with Crippen molar-refractivity contribution in [1.82, 2.24) is 20.6 Å². The number of para-hydroxylation sites is 1. The number of nitrogens with one attached hydrogen (secondary N) is 4.